The van der Waals surface area contributed by atoms with Crippen LogP contribution in [-0.2, 0) is 16.4 Å². The summed E-state index contributed by atoms with van der Waals surface area (Å²) in [5.74, 6) is -1.16. The van der Waals surface area contributed by atoms with Crippen LogP contribution in [0, 0.1) is 0 Å². The van der Waals surface area contributed by atoms with Crippen LogP contribution in [0.25, 0.3) is 0 Å². The van der Waals surface area contributed by atoms with E-state index < -0.39 is 16.0 Å². The molecule has 132 valence electrons. The van der Waals surface area contributed by atoms with Crippen LogP contribution in [0.3, 0.4) is 0 Å². The van der Waals surface area contributed by atoms with Crippen molar-refractivity contribution in [2.45, 2.75) is 30.2 Å². The van der Waals surface area contributed by atoms with Gasteiger partial charge in [-0.25, -0.2) is 17.9 Å². The predicted octanol–water partition coefficient (Wildman–Crippen LogP) is 2.48. The van der Waals surface area contributed by atoms with Crippen LogP contribution in [0.4, 0.5) is 5.69 Å². The first-order valence-electron chi connectivity index (χ1n) is 8.13. The lowest BCUT2D eigenvalue weighted by atomic mass is 10.1. The van der Waals surface area contributed by atoms with Crippen molar-refractivity contribution in [2.75, 3.05) is 11.9 Å². The molecule has 0 bridgehead atoms. The Balaban J connectivity index is 1.74. The summed E-state index contributed by atoms with van der Waals surface area (Å²) in [6, 6.07) is 14.0. The molecular formula is C18H20N2O4S. The average molecular weight is 360 g/mol. The zero-order chi connectivity index (χ0) is 17.9. The van der Waals surface area contributed by atoms with Gasteiger partial charge in [-0.3, -0.25) is 0 Å². The van der Waals surface area contributed by atoms with Crippen molar-refractivity contribution in [2.24, 2.45) is 0 Å². The van der Waals surface area contributed by atoms with E-state index in [0.29, 0.717) is 12.2 Å². The Bertz CT molecular complexity index is 862. The van der Waals surface area contributed by atoms with Gasteiger partial charge < -0.3 is 10.4 Å². The van der Waals surface area contributed by atoms with Crippen LogP contribution in [-0.4, -0.2) is 32.1 Å². The summed E-state index contributed by atoms with van der Waals surface area (Å²) in [5.41, 5.74) is 1.50. The second kappa shape index (κ2) is 7.25. The number of nitrogens with one attached hydrogen (secondary N) is 2. The Morgan fingerprint density at radius 1 is 1.12 bits per heavy atom. The molecule has 25 heavy (non-hydrogen) atoms. The summed E-state index contributed by atoms with van der Waals surface area (Å²) in [7, 11) is -3.67. The molecule has 0 aliphatic heterocycles. The Labute approximate surface area is 146 Å². The molecule has 0 unspecified atom stereocenters. The van der Waals surface area contributed by atoms with Crippen LogP contribution >= 0.6 is 0 Å². The number of sulfonamides is 1. The summed E-state index contributed by atoms with van der Waals surface area (Å²) >= 11 is 0. The van der Waals surface area contributed by atoms with E-state index in [0.717, 1.165) is 24.8 Å². The third-order valence-electron chi connectivity index (χ3n) is 4.00. The van der Waals surface area contributed by atoms with E-state index in [4.69, 9.17) is 0 Å². The molecule has 3 rings (SSSR count). The Morgan fingerprint density at radius 3 is 2.48 bits per heavy atom. The highest BCUT2D eigenvalue weighted by Gasteiger charge is 2.28. The molecule has 2 aromatic carbocycles. The molecule has 0 amide bonds. The largest absolute Gasteiger partial charge is 0.478 e. The number of hydrogen-bond donors (Lipinski definition) is 3. The number of benzene rings is 2. The molecule has 3 N–H and O–H groups in total. The summed E-state index contributed by atoms with van der Waals surface area (Å²) < 4.78 is 27.0. The van der Waals surface area contributed by atoms with Crippen LogP contribution in [0.2, 0.25) is 0 Å². The third-order valence-corrected chi connectivity index (χ3v) is 5.52. The molecule has 1 saturated carbocycles. The quantitative estimate of drug-likeness (QED) is 0.672. The molecular weight excluding hydrogens is 340 g/mol. The first-order valence-corrected chi connectivity index (χ1v) is 9.61. The molecule has 0 saturated heterocycles. The van der Waals surface area contributed by atoms with Crippen molar-refractivity contribution in [1.82, 2.24) is 4.72 Å². The van der Waals surface area contributed by atoms with Gasteiger partial charge in [-0.2, -0.15) is 0 Å². The third kappa shape index (κ3) is 4.58. The molecule has 7 heteroatoms. The zero-order valence-electron chi connectivity index (χ0n) is 13.6. The van der Waals surface area contributed by atoms with E-state index in [1.807, 2.05) is 30.3 Å². The maximum Gasteiger partial charge on any atom is 0.337 e. The van der Waals surface area contributed by atoms with Gasteiger partial charge in [0.2, 0.25) is 10.0 Å². The van der Waals surface area contributed by atoms with Gasteiger partial charge in [0.1, 0.15) is 0 Å². The van der Waals surface area contributed by atoms with Crippen molar-refractivity contribution in [3.05, 3.63) is 59.7 Å². The number of carboxylic acid groups (broad SMARTS) is 1. The van der Waals surface area contributed by atoms with Gasteiger partial charge in [-0.15, -0.1) is 0 Å². The smallest absolute Gasteiger partial charge is 0.337 e. The highest BCUT2D eigenvalue weighted by Crippen LogP contribution is 2.25. The molecule has 0 radical (unpaired) electrons. The molecule has 0 atom stereocenters. The number of rotatable bonds is 8. The van der Waals surface area contributed by atoms with Gasteiger partial charge in [0.15, 0.2) is 0 Å². The van der Waals surface area contributed by atoms with Crippen LogP contribution in [0.5, 0.6) is 0 Å². The van der Waals surface area contributed by atoms with Gasteiger partial charge in [0.05, 0.1) is 10.5 Å². The van der Waals surface area contributed by atoms with Crippen LogP contribution < -0.4 is 10.0 Å². The fraction of sp³-hybridized carbons (Fsp3) is 0.278. The van der Waals surface area contributed by atoms with Crippen molar-refractivity contribution in [3.8, 4) is 0 Å². The zero-order valence-corrected chi connectivity index (χ0v) is 14.4. The lowest BCUT2D eigenvalue weighted by molar-refractivity contribution is 0.0697. The Morgan fingerprint density at radius 2 is 1.84 bits per heavy atom. The van der Waals surface area contributed by atoms with E-state index in [1.165, 1.54) is 18.2 Å². The Hall–Kier alpha value is -2.38. The molecule has 1 fully saturated rings. The van der Waals surface area contributed by atoms with Gasteiger partial charge in [-0.05, 0) is 43.0 Å². The second-order valence-corrected chi connectivity index (χ2v) is 7.78. The molecule has 1 aliphatic rings. The molecule has 6 nitrogen and oxygen atoms in total. The minimum absolute atomic E-state index is 0.0228. The van der Waals surface area contributed by atoms with E-state index in [1.54, 1.807) is 0 Å². The number of hydrogen-bond acceptors (Lipinski definition) is 4. The van der Waals surface area contributed by atoms with Gasteiger partial charge in [0.25, 0.3) is 0 Å². The van der Waals surface area contributed by atoms with Crippen molar-refractivity contribution in [3.63, 3.8) is 0 Å². The Kier molecular flexibility index (Phi) is 5.06. The lowest BCUT2D eigenvalue weighted by Crippen LogP contribution is -2.26. The molecule has 0 spiro atoms. The van der Waals surface area contributed by atoms with Gasteiger partial charge in [-0.1, -0.05) is 30.3 Å². The topological polar surface area (TPSA) is 95.5 Å². The standard InChI is InChI=1S/C18H20N2O4S/c21-18(22)16-12-15(25(23,24)20-14-6-7-14)8-9-17(16)19-11-10-13-4-2-1-3-5-13/h1-5,8-9,12,14,19-20H,6-7,10-11H2,(H,21,22). The van der Waals surface area contributed by atoms with E-state index in [-0.39, 0.29) is 16.5 Å². The maximum atomic E-state index is 12.2. The second-order valence-electron chi connectivity index (χ2n) is 6.07. The number of aromatic carboxylic acids is 1. The van der Waals surface area contributed by atoms with E-state index in [2.05, 4.69) is 10.0 Å². The molecule has 0 heterocycles. The van der Waals surface area contributed by atoms with Gasteiger partial charge >= 0.3 is 5.97 Å². The molecule has 1 aliphatic carbocycles. The van der Waals surface area contributed by atoms with Crippen LogP contribution in [0.1, 0.15) is 28.8 Å². The normalized spacial score (nSPS) is 14.2. The lowest BCUT2D eigenvalue weighted by Gasteiger charge is -2.12. The fourth-order valence-electron chi connectivity index (χ4n) is 2.50. The summed E-state index contributed by atoms with van der Waals surface area (Å²) in [6.45, 7) is 0.552. The predicted molar refractivity (Wildman–Crippen MR) is 95.4 cm³/mol. The van der Waals surface area contributed by atoms with Crippen LogP contribution in [0.15, 0.2) is 53.4 Å². The monoisotopic (exact) mass is 360 g/mol. The summed E-state index contributed by atoms with van der Waals surface area (Å²) in [4.78, 5) is 11.5. The number of anilines is 1. The maximum absolute atomic E-state index is 12.2. The van der Waals surface area contributed by atoms with E-state index in [9.17, 15) is 18.3 Å². The molecule has 2 aromatic rings. The highest BCUT2D eigenvalue weighted by atomic mass is 32.2. The summed E-state index contributed by atoms with van der Waals surface area (Å²) in [5, 5.41) is 12.5. The van der Waals surface area contributed by atoms with Crippen molar-refractivity contribution < 1.29 is 18.3 Å². The van der Waals surface area contributed by atoms with Crippen molar-refractivity contribution in [1.29, 1.82) is 0 Å². The average Bonchev–Trinajstić information content (AvgIpc) is 3.39. The molecule has 0 aromatic heterocycles. The highest BCUT2D eigenvalue weighted by molar-refractivity contribution is 7.89. The minimum atomic E-state index is -3.67. The number of carbonyl (C=O) groups is 1. The minimum Gasteiger partial charge on any atom is -0.478 e. The summed E-state index contributed by atoms with van der Waals surface area (Å²) in [6.07, 6.45) is 2.39. The van der Waals surface area contributed by atoms with E-state index >= 15 is 0 Å². The van der Waals surface area contributed by atoms with Gasteiger partial charge in [0, 0.05) is 18.3 Å². The fourth-order valence-corrected chi connectivity index (χ4v) is 3.83. The first kappa shape index (κ1) is 17.4. The van der Waals surface area contributed by atoms with Crippen molar-refractivity contribution >= 4 is 21.7 Å². The SMILES string of the molecule is O=C(O)c1cc(S(=O)(=O)NC2CC2)ccc1NCCc1ccccc1. The number of carboxylic acids is 1. The first-order chi connectivity index (χ1) is 12.0.